The normalized spacial score (nSPS) is 31.2. The van der Waals surface area contributed by atoms with E-state index in [0.29, 0.717) is 6.54 Å². The SMILES string of the molecule is O=C(NCc1ccccc1)[C@@H]1C[C@H]2CN(CC3CC3)C[C@@H]1O2. The zero-order valence-corrected chi connectivity index (χ0v) is 12.9. The first kappa shape index (κ1) is 14.2. The fourth-order valence-electron chi connectivity index (χ4n) is 3.74. The minimum absolute atomic E-state index is 0.0258. The molecule has 1 aliphatic carbocycles. The van der Waals surface area contributed by atoms with E-state index in [4.69, 9.17) is 4.74 Å². The van der Waals surface area contributed by atoms with Crippen molar-refractivity contribution in [2.75, 3.05) is 19.6 Å². The predicted molar refractivity (Wildman–Crippen MR) is 84.2 cm³/mol. The molecule has 4 heteroatoms. The number of carbonyl (C=O) groups excluding carboxylic acids is 1. The van der Waals surface area contributed by atoms with Gasteiger partial charge in [-0.25, -0.2) is 0 Å². The van der Waals surface area contributed by atoms with E-state index in [1.54, 1.807) is 0 Å². The number of likely N-dealkylation sites (tertiary alicyclic amines) is 1. The summed E-state index contributed by atoms with van der Waals surface area (Å²) >= 11 is 0. The second-order valence-corrected chi connectivity index (χ2v) is 7.00. The number of amides is 1. The van der Waals surface area contributed by atoms with E-state index >= 15 is 0 Å². The Morgan fingerprint density at radius 2 is 2.05 bits per heavy atom. The van der Waals surface area contributed by atoms with Crippen molar-refractivity contribution >= 4 is 5.91 Å². The van der Waals surface area contributed by atoms with E-state index in [1.165, 1.54) is 19.4 Å². The van der Waals surface area contributed by atoms with Crippen LogP contribution in [0, 0.1) is 11.8 Å². The summed E-state index contributed by atoms with van der Waals surface area (Å²) < 4.78 is 6.01. The molecule has 4 nitrogen and oxygen atoms in total. The van der Waals surface area contributed by atoms with Crippen molar-refractivity contribution in [1.29, 1.82) is 0 Å². The first-order valence-corrected chi connectivity index (χ1v) is 8.47. The molecule has 1 aromatic carbocycles. The van der Waals surface area contributed by atoms with Gasteiger partial charge in [0.15, 0.2) is 0 Å². The van der Waals surface area contributed by atoms with Crippen LogP contribution >= 0.6 is 0 Å². The molecule has 1 saturated carbocycles. The average molecular weight is 300 g/mol. The van der Waals surface area contributed by atoms with E-state index in [1.807, 2.05) is 30.3 Å². The van der Waals surface area contributed by atoms with Crippen LogP contribution in [0.15, 0.2) is 30.3 Å². The molecular weight excluding hydrogens is 276 g/mol. The Morgan fingerprint density at radius 3 is 2.82 bits per heavy atom. The van der Waals surface area contributed by atoms with Gasteiger partial charge in [0, 0.05) is 26.2 Å². The monoisotopic (exact) mass is 300 g/mol. The summed E-state index contributed by atoms with van der Waals surface area (Å²) in [7, 11) is 0. The molecule has 3 aliphatic rings. The molecule has 118 valence electrons. The summed E-state index contributed by atoms with van der Waals surface area (Å²) in [5.41, 5.74) is 1.15. The molecular formula is C18H24N2O2. The van der Waals surface area contributed by atoms with E-state index in [9.17, 15) is 4.79 Å². The topological polar surface area (TPSA) is 41.6 Å². The average Bonchev–Trinajstić information content (AvgIpc) is 3.29. The predicted octanol–water partition coefficient (Wildman–Crippen LogP) is 1.80. The molecule has 4 rings (SSSR count). The number of fused-ring (bicyclic) bond motifs is 2. The van der Waals surface area contributed by atoms with Gasteiger partial charge in [-0.1, -0.05) is 30.3 Å². The maximum Gasteiger partial charge on any atom is 0.226 e. The minimum atomic E-state index is 0.0258. The van der Waals surface area contributed by atoms with Crippen molar-refractivity contribution in [3.63, 3.8) is 0 Å². The maximum atomic E-state index is 12.5. The van der Waals surface area contributed by atoms with Gasteiger partial charge in [0.25, 0.3) is 0 Å². The Kier molecular flexibility index (Phi) is 3.89. The van der Waals surface area contributed by atoms with Crippen LogP contribution in [-0.2, 0) is 16.1 Å². The maximum absolute atomic E-state index is 12.5. The fraction of sp³-hybridized carbons (Fsp3) is 0.611. The molecule has 1 N–H and O–H groups in total. The number of morpholine rings is 1. The van der Waals surface area contributed by atoms with Gasteiger partial charge in [0.1, 0.15) is 0 Å². The van der Waals surface area contributed by atoms with Crippen molar-refractivity contribution in [3.05, 3.63) is 35.9 Å². The lowest BCUT2D eigenvalue weighted by Crippen LogP contribution is -2.46. The Morgan fingerprint density at radius 1 is 1.23 bits per heavy atom. The van der Waals surface area contributed by atoms with Gasteiger partial charge in [-0.15, -0.1) is 0 Å². The van der Waals surface area contributed by atoms with Crippen LogP contribution in [0.4, 0.5) is 0 Å². The van der Waals surface area contributed by atoms with Crippen molar-refractivity contribution < 1.29 is 9.53 Å². The largest absolute Gasteiger partial charge is 0.371 e. The number of hydrogen-bond acceptors (Lipinski definition) is 3. The van der Waals surface area contributed by atoms with Crippen LogP contribution in [0.5, 0.6) is 0 Å². The lowest BCUT2D eigenvalue weighted by atomic mass is 9.99. The molecule has 0 aromatic heterocycles. The Hall–Kier alpha value is -1.39. The number of carbonyl (C=O) groups is 1. The zero-order valence-electron chi connectivity index (χ0n) is 12.9. The second-order valence-electron chi connectivity index (χ2n) is 7.00. The quantitative estimate of drug-likeness (QED) is 0.901. The summed E-state index contributed by atoms with van der Waals surface area (Å²) in [4.78, 5) is 15.0. The molecule has 2 aliphatic heterocycles. The highest BCUT2D eigenvalue weighted by atomic mass is 16.5. The molecule has 2 saturated heterocycles. The molecule has 2 heterocycles. The molecule has 3 atom stereocenters. The Balaban J connectivity index is 1.31. The summed E-state index contributed by atoms with van der Waals surface area (Å²) in [5, 5.41) is 3.08. The molecule has 0 radical (unpaired) electrons. The van der Waals surface area contributed by atoms with Gasteiger partial charge in [-0.2, -0.15) is 0 Å². The van der Waals surface area contributed by atoms with Gasteiger partial charge in [-0.05, 0) is 30.7 Å². The standard InChI is InChI=1S/C18H24N2O2/c21-18(19-9-13-4-2-1-3-5-13)16-8-15-11-20(10-14-6-7-14)12-17(16)22-15/h1-5,14-17H,6-12H2,(H,19,21)/t15-,16+,17-/m0/s1. The van der Waals surface area contributed by atoms with Gasteiger partial charge >= 0.3 is 0 Å². The van der Waals surface area contributed by atoms with Gasteiger partial charge in [0.2, 0.25) is 5.91 Å². The molecule has 1 aromatic rings. The number of ether oxygens (including phenoxy) is 1. The van der Waals surface area contributed by atoms with Crippen LogP contribution in [0.2, 0.25) is 0 Å². The van der Waals surface area contributed by atoms with Gasteiger partial charge in [0.05, 0.1) is 18.1 Å². The van der Waals surface area contributed by atoms with E-state index < -0.39 is 0 Å². The summed E-state index contributed by atoms with van der Waals surface area (Å²) in [6.45, 7) is 3.75. The lowest BCUT2D eigenvalue weighted by molar-refractivity contribution is -0.128. The highest BCUT2D eigenvalue weighted by Crippen LogP contribution is 2.35. The summed E-state index contributed by atoms with van der Waals surface area (Å²) in [5.74, 6) is 1.09. The third kappa shape index (κ3) is 3.18. The van der Waals surface area contributed by atoms with Crippen molar-refractivity contribution in [2.24, 2.45) is 11.8 Å². The van der Waals surface area contributed by atoms with Crippen LogP contribution < -0.4 is 5.32 Å². The number of benzene rings is 1. The third-order valence-electron chi connectivity index (χ3n) is 5.09. The molecule has 0 unspecified atom stereocenters. The molecule has 22 heavy (non-hydrogen) atoms. The van der Waals surface area contributed by atoms with Crippen molar-refractivity contribution in [2.45, 2.75) is 38.0 Å². The third-order valence-corrected chi connectivity index (χ3v) is 5.09. The minimum Gasteiger partial charge on any atom is -0.371 e. The van der Waals surface area contributed by atoms with Crippen LogP contribution in [0.1, 0.15) is 24.8 Å². The highest BCUT2D eigenvalue weighted by Gasteiger charge is 2.45. The van der Waals surface area contributed by atoms with E-state index in [-0.39, 0.29) is 24.0 Å². The van der Waals surface area contributed by atoms with Crippen molar-refractivity contribution in [1.82, 2.24) is 10.2 Å². The number of nitrogens with one attached hydrogen (secondary N) is 1. The highest BCUT2D eigenvalue weighted by molar-refractivity contribution is 5.79. The Labute approximate surface area is 131 Å². The lowest BCUT2D eigenvalue weighted by Gasteiger charge is -2.32. The zero-order chi connectivity index (χ0) is 14.9. The van der Waals surface area contributed by atoms with Crippen LogP contribution in [0.25, 0.3) is 0 Å². The van der Waals surface area contributed by atoms with Crippen LogP contribution in [0.3, 0.4) is 0 Å². The molecule has 0 spiro atoms. The molecule has 1 amide bonds. The summed E-state index contributed by atoms with van der Waals surface area (Å²) in [6.07, 6.45) is 3.99. The summed E-state index contributed by atoms with van der Waals surface area (Å²) in [6, 6.07) is 10.1. The molecule has 2 bridgehead atoms. The smallest absolute Gasteiger partial charge is 0.226 e. The second kappa shape index (κ2) is 6.01. The number of rotatable bonds is 5. The number of nitrogens with zero attached hydrogens (tertiary/aromatic N) is 1. The fourth-order valence-corrected chi connectivity index (χ4v) is 3.74. The Bertz CT molecular complexity index is 529. The van der Waals surface area contributed by atoms with Gasteiger partial charge in [-0.3, -0.25) is 9.69 Å². The van der Waals surface area contributed by atoms with Crippen molar-refractivity contribution in [3.8, 4) is 0 Å². The first-order valence-electron chi connectivity index (χ1n) is 8.47. The van der Waals surface area contributed by atoms with E-state index in [2.05, 4.69) is 10.2 Å². The first-order chi connectivity index (χ1) is 10.8. The van der Waals surface area contributed by atoms with Gasteiger partial charge < -0.3 is 10.1 Å². The van der Waals surface area contributed by atoms with Crippen LogP contribution in [-0.4, -0.2) is 42.6 Å². The van der Waals surface area contributed by atoms with E-state index in [0.717, 1.165) is 31.0 Å². The molecule has 3 fully saturated rings. The number of hydrogen-bond donors (Lipinski definition) is 1.